The fourth-order valence-electron chi connectivity index (χ4n) is 2.82. The van der Waals surface area contributed by atoms with Crippen molar-refractivity contribution in [2.75, 3.05) is 6.61 Å². The number of hydrogen-bond donors (Lipinski definition) is 1. The van der Waals surface area contributed by atoms with Crippen LogP contribution < -0.4 is 4.74 Å². The zero-order valence-corrected chi connectivity index (χ0v) is 12.0. The van der Waals surface area contributed by atoms with Crippen molar-refractivity contribution in [2.45, 2.75) is 31.7 Å². The summed E-state index contributed by atoms with van der Waals surface area (Å²) in [5, 5.41) is 13.2. The van der Waals surface area contributed by atoms with Gasteiger partial charge in [0.15, 0.2) is 6.61 Å². The Kier molecular flexibility index (Phi) is 4.09. The van der Waals surface area contributed by atoms with Gasteiger partial charge in [0.25, 0.3) is 0 Å². The lowest BCUT2D eigenvalue weighted by Crippen LogP contribution is -2.10. The van der Waals surface area contributed by atoms with E-state index in [-0.39, 0.29) is 0 Å². The van der Waals surface area contributed by atoms with Gasteiger partial charge in [-0.05, 0) is 37.1 Å². The Morgan fingerprint density at radius 3 is 2.86 bits per heavy atom. The molecule has 22 heavy (non-hydrogen) atoms. The monoisotopic (exact) mass is 304 g/mol. The van der Waals surface area contributed by atoms with Crippen LogP contribution in [0.3, 0.4) is 0 Å². The van der Waals surface area contributed by atoms with Crippen molar-refractivity contribution < 1.29 is 19.0 Å². The Morgan fingerprint density at radius 1 is 1.36 bits per heavy atom. The maximum atomic E-state index is 13.5. The molecule has 116 valence electrons. The van der Waals surface area contributed by atoms with Gasteiger partial charge in [-0.25, -0.2) is 9.18 Å². The van der Waals surface area contributed by atoms with Gasteiger partial charge in [-0.3, -0.25) is 4.68 Å². The first-order valence-corrected chi connectivity index (χ1v) is 7.33. The number of aromatic nitrogens is 2. The molecule has 6 heteroatoms. The summed E-state index contributed by atoms with van der Waals surface area (Å²) in [5.74, 6) is -1.17. The van der Waals surface area contributed by atoms with Crippen molar-refractivity contribution in [2.24, 2.45) is 0 Å². The number of carboxylic acid groups (broad SMARTS) is 1. The molecule has 0 unspecified atom stereocenters. The second-order valence-corrected chi connectivity index (χ2v) is 5.44. The van der Waals surface area contributed by atoms with Crippen molar-refractivity contribution in [1.82, 2.24) is 9.78 Å². The highest BCUT2D eigenvalue weighted by molar-refractivity contribution is 5.71. The van der Waals surface area contributed by atoms with Crippen LogP contribution in [0, 0.1) is 5.82 Å². The first kappa shape index (κ1) is 14.6. The van der Waals surface area contributed by atoms with Crippen molar-refractivity contribution in [3.63, 3.8) is 0 Å². The summed E-state index contributed by atoms with van der Waals surface area (Å²) in [7, 11) is 0. The van der Waals surface area contributed by atoms with Crippen LogP contribution in [0.5, 0.6) is 5.75 Å². The van der Waals surface area contributed by atoms with Crippen LogP contribution in [0.25, 0.3) is 11.3 Å². The van der Waals surface area contributed by atoms with Gasteiger partial charge in [0.05, 0.1) is 11.7 Å². The van der Waals surface area contributed by atoms with E-state index < -0.39 is 18.4 Å². The van der Waals surface area contributed by atoms with E-state index in [1.165, 1.54) is 31.0 Å². The molecule has 0 atom stereocenters. The quantitative estimate of drug-likeness (QED) is 0.920. The Labute approximate surface area is 127 Å². The fourth-order valence-corrected chi connectivity index (χ4v) is 2.82. The standard InChI is InChI=1S/C16H17FN2O3/c17-11-5-6-15(22-10-16(20)21)13(9-11)14-7-8-19(18-14)12-3-1-2-4-12/h5-9,12H,1-4,10H2,(H,20,21). The van der Waals surface area contributed by atoms with Gasteiger partial charge in [-0.15, -0.1) is 0 Å². The van der Waals surface area contributed by atoms with Crippen molar-refractivity contribution >= 4 is 5.97 Å². The summed E-state index contributed by atoms with van der Waals surface area (Å²) in [4.78, 5) is 10.6. The van der Waals surface area contributed by atoms with Gasteiger partial charge in [0.2, 0.25) is 0 Å². The molecule has 5 nitrogen and oxygen atoms in total. The second kappa shape index (κ2) is 6.17. The van der Waals surface area contributed by atoms with Gasteiger partial charge in [0, 0.05) is 11.8 Å². The zero-order valence-electron chi connectivity index (χ0n) is 12.0. The average Bonchev–Trinajstić information content (AvgIpc) is 3.16. The maximum absolute atomic E-state index is 13.5. The predicted molar refractivity (Wildman–Crippen MR) is 78.3 cm³/mol. The number of benzene rings is 1. The Morgan fingerprint density at radius 2 is 2.14 bits per heavy atom. The van der Waals surface area contributed by atoms with Crippen LogP contribution in [0.4, 0.5) is 4.39 Å². The van der Waals surface area contributed by atoms with E-state index in [4.69, 9.17) is 9.84 Å². The van der Waals surface area contributed by atoms with E-state index in [1.54, 1.807) is 6.07 Å². The number of hydrogen-bond acceptors (Lipinski definition) is 3. The molecule has 3 rings (SSSR count). The molecule has 1 saturated carbocycles. The minimum atomic E-state index is -1.08. The largest absolute Gasteiger partial charge is 0.481 e. The number of ether oxygens (including phenoxy) is 1. The first-order valence-electron chi connectivity index (χ1n) is 7.33. The van der Waals surface area contributed by atoms with Crippen LogP contribution in [0.1, 0.15) is 31.7 Å². The third-order valence-electron chi connectivity index (χ3n) is 3.88. The van der Waals surface area contributed by atoms with E-state index in [9.17, 15) is 9.18 Å². The molecule has 0 saturated heterocycles. The number of aliphatic carboxylic acids is 1. The van der Waals surface area contributed by atoms with Crippen molar-refractivity contribution in [3.8, 4) is 17.0 Å². The van der Waals surface area contributed by atoms with Crippen LogP contribution >= 0.6 is 0 Å². The van der Waals surface area contributed by atoms with E-state index in [1.807, 2.05) is 10.9 Å². The third-order valence-corrected chi connectivity index (χ3v) is 3.88. The SMILES string of the molecule is O=C(O)COc1ccc(F)cc1-c1ccn(C2CCCC2)n1. The molecule has 2 aromatic rings. The maximum Gasteiger partial charge on any atom is 0.341 e. The van der Waals surface area contributed by atoms with Crippen molar-refractivity contribution in [3.05, 3.63) is 36.3 Å². The lowest BCUT2D eigenvalue weighted by molar-refractivity contribution is -0.139. The molecule has 1 N–H and O–H groups in total. The molecule has 0 amide bonds. The van der Waals surface area contributed by atoms with E-state index >= 15 is 0 Å². The molecule has 0 bridgehead atoms. The minimum Gasteiger partial charge on any atom is -0.481 e. The Balaban J connectivity index is 1.89. The summed E-state index contributed by atoms with van der Waals surface area (Å²) < 4.78 is 20.7. The topological polar surface area (TPSA) is 64.3 Å². The molecule has 0 radical (unpaired) electrons. The van der Waals surface area contributed by atoms with Gasteiger partial charge < -0.3 is 9.84 Å². The summed E-state index contributed by atoms with van der Waals surface area (Å²) >= 11 is 0. The summed E-state index contributed by atoms with van der Waals surface area (Å²) in [6, 6.07) is 6.20. The molecular weight excluding hydrogens is 287 g/mol. The number of halogens is 1. The first-order chi connectivity index (χ1) is 10.6. The number of carbonyl (C=O) groups is 1. The minimum absolute atomic E-state index is 0.320. The summed E-state index contributed by atoms with van der Waals surface area (Å²) in [5.41, 5.74) is 1.06. The second-order valence-electron chi connectivity index (χ2n) is 5.44. The molecule has 1 aromatic carbocycles. The molecule has 1 aliphatic carbocycles. The highest BCUT2D eigenvalue weighted by Crippen LogP contribution is 2.33. The normalized spacial score (nSPS) is 15.1. The highest BCUT2D eigenvalue weighted by Gasteiger charge is 2.19. The molecule has 0 aliphatic heterocycles. The number of carboxylic acids is 1. The lowest BCUT2D eigenvalue weighted by atomic mass is 10.1. The smallest absolute Gasteiger partial charge is 0.341 e. The van der Waals surface area contributed by atoms with Gasteiger partial charge >= 0.3 is 5.97 Å². The molecule has 1 aliphatic rings. The van der Waals surface area contributed by atoms with E-state index in [0.717, 1.165) is 12.8 Å². The average molecular weight is 304 g/mol. The van der Waals surface area contributed by atoms with Crippen LogP contribution in [0.15, 0.2) is 30.5 Å². The Hall–Kier alpha value is -2.37. The molecule has 1 aromatic heterocycles. The van der Waals surface area contributed by atoms with E-state index in [0.29, 0.717) is 23.0 Å². The summed E-state index contributed by atoms with van der Waals surface area (Å²) in [6.07, 6.45) is 6.50. The molecular formula is C16H17FN2O3. The van der Waals surface area contributed by atoms with E-state index in [2.05, 4.69) is 5.10 Å². The van der Waals surface area contributed by atoms with Crippen molar-refractivity contribution in [1.29, 1.82) is 0 Å². The number of nitrogens with zero attached hydrogens (tertiary/aromatic N) is 2. The predicted octanol–water partition coefficient (Wildman–Crippen LogP) is 3.27. The molecule has 0 spiro atoms. The van der Waals surface area contributed by atoms with Gasteiger partial charge in [0.1, 0.15) is 11.6 Å². The molecule has 1 heterocycles. The summed E-state index contributed by atoms with van der Waals surface area (Å²) in [6.45, 7) is -0.470. The van der Waals surface area contributed by atoms with Crippen LogP contribution in [0.2, 0.25) is 0 Å². The number of rotatable bonds is 5. The van der Waals surface area contributed by atoms with Crippen LogP contribution in [-0.2, 0) is 4.79 Å². The fraction of sp³-hybridized carbons (Fsp3) is 0.375. The third kappa shape index (κ3) is 3.10. The lowest BCUT2D eigenvalue weighted by Gasteiger charge is -2.10. The zero-order chi connectivity index (χ0) is 15.5. The van der Waals surface area contributed by atoms with Gasteiger partial charge in [-0.1, -0.05) is 12.8 Å². The van der Waals surface area contributed by atoms with Crippen LogP contribution in [-0.4, -0.2) is 27.5 Å². The molecule has 1 fully saturated rings. The highest BCUT2D eigenvalue weighted by atomic mass is 19.1. The Bertz CT molecular complexity index is 678. The van der Waals surface area contributed by atoms with Gasteiger partial charge in [-0.2, -0.15) is 5.10 Å².